The van der Waals surface area contributed by atoms with Crippen LogP contribution in [0.2, 0.25) is 0 Å². The molecule has 0 amide bonds. The fraction of sp³-hybridized carbons (Fsp3) is 0.462. The Labute approximate surface area is 101 Å². The van der Waals surface area contributed by atoms with Crippen LogP contribution < -0.4 is 15.1 Å². The van der Waals surface area contributed by atoms with Crippen LogP contribution in [-0.4, -0.2) is 39.3 Å². The maximum absolute atomic E-state index is 8.97. The molecule has 0 aromatic heterocycles. The number of piperazine rings is 1. The number of benzene rings is 1. The van der Waals surface area contributed by atoms with Gasteiger partial charge in [-0.15, -0.1) is 0 Å². The van der Waals surface area contributed by atoms with Crippen LogP contribution in [0.5, 0.6) is 0 Å². The third-order valence-electron chi connectivity index (χ3n) is 3.66. The summed E-state index contributed by atoms with van der Waals surface area (Å²) >= 11 is 0. The highest BCUT2D eigenvalue weighted by molar-refractivity contribution is 5.75. The lowest BCUT2D eigenvalue weighted by atomic mass is 10.0. The molecule has 0 saturated carbocycles. The topological polar surface area (TPSA) is 42.3 Å². The van der Waals surface area contributed by atoms with Crippen LogP contribution in [0.1, 0.15) is 5.56 Å². The summed E-state index contributed by atoms with van der Waals surface area (Å²) in [5, 5.41) is 12.4. The Hall–Kier alpha value is -1.73. The quantitative estimate of drug-likeness (QED) is 0.713. The van der Waals surface area contributed by atoms with E-state index in [1.165, 1.54) is 11.4 Å². The van der Waals surface area contributed by atoms with Gasteiger partial charge in [0, 0.05) is 33.2 Å². The average Bonchev–Trinajstić information content (AvgIpc) is 2.38. The fourth-order valence-corrected chi connectivity index (χ4v) is 2.80. The van der Waals surface area contributed by atoms with E-state index in [1.54, 1.807) is 0 Å². The second kappa shape index (κ2) is 3.94. The highest BCUT2D eigenvalue weighted by Gasteiger charge is 2.30. The molecule has 1 atom stereocenters. The first-order valence-corrected chi connectivity index (χ1v) is 6.02. The zero-order valence-electron chi connectivity index (χ0n) is 9.98. The van der Waals surface area contributed by atoms with Crippen LogP contribution in [0.3, 0.4) is 0 Å². The van der Waals surface area contributed by atoms with Crippen LogP contribution in [0, 0.1) is 11.3 Å². The number of nitrogens with zero attached hydrogens (tertiary/aromatic N) is 3. The van der Waals surface area contributed by atoms with Crippen molar-refractivity contribution in [2.75, 3.05) is 43.0 Å². The van der Waals surface area contributed by atoms with E-state index >= 15 is 0 Å². The van der Waals surface area contributed by atoms with E-state index < -0.39 is 0 Å². The van der Waals surface area contributed by atoms with Gasteiger partial charge in [-0.3, -0.25) is 0 Å². The SMILES string of the molecule is CN1CC2CNCCN2c2ccc(C#N)cc21. The Kier molecular flexibility index (Phi) is 2.41. The first kappa shape index (κ1) is 10.4. The molecule has 1 saturated heterocycles. The van der Waals surface area contributed by atoms with Crippen molar-refractivity contribution in [2.45, 2.75) is 6.04 Å². The van der Waals surface area contributed by atoms with Crippen LogP contribution in [-0.2, 0) is 0 Å². The molecule has 0 radical (unpaired) electrons. The van der Waals surface area contributed by atoms with Gasteiger partial charge in [-0.05, 0) is 18.2 Å². The molecule has 0 bridgehead atoms. The van der Waals surface area contributed by atoms with Crippen molar-refractivity contribution in [3.8, 4) is 6.07 Å². The number of likely N-dealkylation sites (N-methyl/N-ethyl adjacent to an activating group) is 1. The summed E-state index contributed by atoms with van der Waals surface area (Å²) < 4.78 is 0. The molecule has 2 aliphatic heterocycles. The molecular weight excluding hydrogens is 212 g/mol. The molecule has 88 valence electrons. The molecule has 1 aromatic rings. The summed E-state index contributed by atoms with van der Waals surface area (Å²) in [5.74, 6) is 0. The zero-order valence-corrected chi connectivity index (χ0v) is 9.98. The summed E-state index contributed by atoms with van der Waals surface area (Å²) in [7, 11) is 2.10. The van der Waals surface area contributed by atoms with Gasteiger partial charge >= 0.3 is 0 Å². The highest BCUT2D eigenvalue weighted by atomic mass is 15.3. The van der Waals surface area contributed by atoms with Crippen molar-refractivity contribution in [3.05, 3.63) is 23.8 Å². The van der Waals surface area contributed by atoms with E-state index in [0.717, 1.165) is 31.7 Å². The molecule has 0 spiro atoms. The smallest absolute Gasteiger partial charge is 0.0992 e. The number of hydrogen-bond acceptors (Lipinski definition) is 4. The lowest BCUT2D eigenvalue weighted by Gasteiger charge is -2.46. The van der Waals surface area contributed by atoms with Crippen molar-refractivity contribution in [1.82, 2.24) is 5.32 Å². The molecule has 2 aliphatic rings. The summed E-state index contributed by atoms with van der Waals surface area (Å²) in [6.07, 6.45) is 0. The molecule has 1 N–H and O–H groups in total. The second-order valence-corrected chi connectivity index (χ2v) is 4.75. The Morgan fingerprint density at radius 2 is 2.29 bits per heavy atom. The number of nitriles is 1. The summed E-state index contributed by atoms with van der Waals surface area (Å²) in [6, 6.07) is 8.75. The maximum atomic E-state index is 8.97. The van der Waals surface area contributed by atoms with Gasteiger partial charge in [0.15, 0.2) is 0 Å². The Morgan fingerprint density at radius 1 is 1.41 bits per heavy atom. The maximum Gasteiger partial charge on any atom is 0.0992 e. The van der Waals surface area contributed by atoms with E-state index in [-0.39, 0.29) is 0 Å². The van der Waals surface area contributed by atoms with Gasteiger partial charge in [-0.1, -0.05) is 0 Å². The second-order valence-electron chi connectivity index (χ2n) is 4.75. The predicted molar refractivity (Wildman–Crippen MR) is 68.4 cm³/mol. The van der Waals surface area contributed by atoms with Crippen molar-refractivity contribution < 1.29 is 0 Å². The summed E-state index contributed by atoms with van der Waals surface area (Å²) in [4.78, 5) is 4.72. The largest absolute Gasteiger partial charge is 0.371 e. The average molecular weight is 228 g/mol. The lowest BCUT2D eigenvalue weighted by molar-refractivity contribution is 0.466. The van der Waals surface area contributed by atoms with Gasteiger partial charge in [0.1, 0.15) is 0 Å². The number of nitrogens with one attached hydrogen (secondary N) is 1. The van der Waals surface area contributed by atoms with Crippen molar-refractivity contribution >= 4 is 11.4 Å². The Morgan fingerprint density at radius 3 is 3.12 bits per heavy atom. The minimum absolute atomic E-state index is 0.550. The molecule has 1 fully saturated rings. The van der Waals surface area contributed by atoms with Crippen molar-refractivity contribution in [1.29, 1.82) is 5.26 Å². The van der Waals surface area contributed by atoms with Crippen LogP contribution in [0.15, 0.2) is 18.2 Å². The van der Waals surface area contributed by atoms with Gasteiger partial charge in [-0.25, -0.2) is 0 Å². The fourth-order valence-electron chi connectivity index (χ4n) is 2.80. The molecular formula is C13H16N4. The third-order valence-corrected chi connectivity index (χ3v) is 3.66. The summed E-state index contributed by atoms with van der Waals surface area (Å²) in [5.41, 5.74) is 3.19. The third kappa shape index (κ3) is 1.63. The number of anilines is 2. The summed E-state index contributed by atoms with van der Waals surface area (Å²) in [6.45, 7) is 4.16. The molecule has 2 heterocycles. The number of rotatable bonds is 0. The van der Waals surface area contributed by atoms with E-state index in [1.807, 2.05) is 12.1 Å². The minimum Gasteiger partial charge on any atom is -0.371 e. The lowest BCUT2D eigenvalue weighted by Crippen LogP contribution is -2.58. The van der Waals surface area contributed by atoms with Crippen LogP contribution >= 0.6 is 0 Å². The van der Waals surface area contributed by atoms with Gasteiger partial charge in [0.2, 0.25) is 0 Å². The standard InChI is InChI=1S/C13H16N4/c1-16-9-11-8-15-4-5-17(11)12-3-2-10(7-14)6-13(12)16/h2-3,6,11,15H,4-5,8-9H2,1H3. The van der Waals surface area contributed by atoms with E-state index in [2.05, 4.69) is 34.3 Å². The first-order valence-electron chi connectivity index (χ1n) is 6.02. The van der Waals surface area contributed by atoms with E-state index in [4.69, 9.17) is 5.26 Å². The molecule has 3 rings (SSSR count). The Balaban J connectivity index is 2.05. The number of hydrogen-bond donors (Lipinski definition) is 1. The molecule has 17 heavy (non-hydrogen) atoms. The number of fused-ring (bicyclic) bond motifs is 3. The van der Waals surface area contributed by atoms with Crippen molar-refractivity contribution in [3.63, 3.8) is 0 Å². The monoisotopic (exact) mass is 228 g/mol. The minimum atomic E-state index is 0.550. The molecule has 4 nitrogen and oxygen atoms in total. The van der Waals surface area contributed by atoms with Crippen LogP contribution in [0.4, 0.5) is 11.4 Å². The van der Waals surface area contributed by atoms with Gasteiger partial charge < -0.3 is 15.1 Å². The molecule has 1 unspecified atom stereocenters. The van der Waals surface area contributed by atoms with Crippen molar-refractivity contribution in [2.24, 2.45) is 0 Å². The zero-order chi connectivity index (χ0) is 11.8. The molecule has 4 heteroatoms. The predicted octanol–water partition coefficient (Wildman–Crippen LogP) is 0.786. The van der Waals surface area contributed by atoms with E-state index in [0.29, 0.717) is 6.04 Å². The van der Waals surface area contributed by atoms with Gasteiger partial charge in [0.25, 0.3) is 0 Å². The first-order chi connectivity index (χ1) is 8.29. The molecule has 0 aliphatic carbocycles. The van der Waals surface area contributed by atoms with Gasteiger partial charge in [0.05, 0.1) is 29.0 Å². The van der Waals surface area contributed by atoms with Crippen LogP contribution in [0.25, 0.3) is 0 Å². The normalized spacial score (nSPS) is 22.7. The Bertz CT molecular complexity index is 477. The van der Waals surface area contributed by atoms with E-state index in [9.17, 15) is 0 Å². The van der Waals surface area contributed by atoms with Gasteiger partial charge in [-0.2, -0.15) is 5.26 Å². The highest BCUT2D eigenvalue weighted by Crippen LogP contribution is 2.35. The molecule has 1 aromatic carbocycles.